The summed E-state index contributed by atoms with van der Waals surface area (Å²) in [5, 5.41) is 10.4. The summed E-state index contributed by atoms with van der Waals surface area (Å²) in [5.41, 5.74) is 2.38. The molecule has 16 heavy (non-hydrogen) atoms. The summed E-state index contributed by atoms with van der Waals surface area (Å²) in [6.45, 7) is 1.96. The van der Waals surface area contributed by atoms with Gasteiger partial charge in [0.1, 0.15) is 0 Å². The largest absolute Gasteiger partial charge is 0.481 e. The van der Waals surface area contributed by atoms with E-state index >= 15 is 0 Å². The van der Waals surface area contributed by atoms with Crippen molar-refractivity contribution in [1.82, 2.24) is 4.98 Å². The minimum atomic E-state index is -0.694. The molecular weight excluding hydrogens is 202 g/mol. The monoisotopic (exact) mass is 215 g/mol. The third-order valence-electron chi connectivity index (χ3n) is 3.53. The quantitative estimate of drug-likeness (QED) is 0.809. The van der Waals surface area contributed by atoms with Gasteiger partial charge in [0.2, 0.25) is 0 Å². The molecule has 1 aliphatic carbocycles. The van der Waals surface area contributed by atoms with E-state index in [1.54, 1.807) is 0 Å². The van der Waals surface area contributed by atoms with Crippen molar-refractivity contribution in [2.45, 2.75) is 25.2 Å². The minimum absolute atomic E-state index is 0.621. The van der Waals surface area contributed by atoms with E-state index in [0.29, 0.717) is 0 Å². The molecule has 1 heterocycles. The van der Waals surface area contributed by atoms with Crippen LogP contribution in [0, 0.1) is 6.92 Å². The number of nitrogens with one attached hydrogen (secondary N) is 1. The number of hydrogen-bond acceptors (Lipinski definition) is 1. The molecule has 2 aromatic rings. The highest BCUT2D eigenvalue weighted by Gasteiger charge is 2.53. The fraction of sp³-hybridized carbons (Fsp3) is 0.308. The highest BCUT2D eigenvalue weighted by molar-refractivity contribution is 5.95. The Kier molecular flexibility index (Phi) is 1.70. The number of carboxylic acid groups (broad SMARTS) is 1. The van der Waals surface area contributed by atoms with E-state index in [4.69, 9.17) is 0 Å². The molecule has 0 radical (unpaired) electrons. The Morgan fingerprint density at radius 3 is 2.69 bits per heavy atom. The first-order valence-corrected chi connectivity index (χ1v) is 5.46. The van der Waals surface area contributed by atoms with Gasteiger partial charge in [-0.05, 0) is 31.4 Å². The van der Waals surface area contributed by atoms with Crippen LogP contribution in [0.2, 0.25) is 0 Å². The highest BCUT2D eigenvalue weighted by Crippen LogP contribution is 2.51. The number of aromatic nitrogens is 1. The van der Waals surface area contributed by atoms with Gasteiger partial charge in [-0.25, -0.2) is 0 Å². The Bertz CT molecular complexity index is 579. The van der Waals surface area contributed by atoms with Gasteiger partial charge in [-0.3, -0.25) is 4.79 Å². The second-order valence-corrected chi connectivity index (χ2v) is 4.56. The fourth-order valence-corrected chi connectivity index (χ4v) is 2.59. The predicted molar refractivity (Wildman–Crippen MR) is 61.6 cm³/mol. The molecule has 0 saturated heterocycles. The van der Waals surface area contributed by atoms with Gasteiger partial charge in [0.15, 0.2) is 0 Å². The molecule has 0 aliphatic heterocycles. The van der Waals surface area contributed by atoms with Crippen molar-refractivity contribution in [2.75, 3.05) is 0 Å². The number of aromatic amines is 1. The van der Waals surface area contributed by atoms with Crippen LogP contribution in [-0.4, -0.2) is 16.1 Å². The Morgan fingerprint density at radius 2 is 2.06 bits per heavy atom. The summed E-state index contributed by atoms with van der Waals surface area (Å²) in [5.74, 6) is -0.694. The zero-order valence-electron chi connectivity index (χ0n) is 9.08. The third-order valence-corrected chi connectivity index (χ3v) is 3.53. The fourth-order valence-electron chi connectivity index (χ4n) is 2.59. The maximum Gasteiger partial charge on any atom is 0.314 e. The first-order chi connectivity index (χ1) is 7.65. The molecule has 82 valence electrons. The second-order valence-electron chi connectivity index (χ2n) is 4.56. The van der Waals surface area contributed by atoms with E-state index in [2.05, 4.69) is 4.98 Å². The molecule has 2 N–H and O–H groups in total. The SMILES string of the molecule is Cc1[nH]c2ccccc2c1C1(C(=O)O)CC1. The number of para-hydroxylation sites is 1. The van der Waals surface area contributed by atoms with Gasteiger partial charge in [0.25, 0.3) is 0 Å². The van der Waals surface area contributed by atoms with Crippen LogP contribution in [0.1, 0.15) is 24.1 Å². The van der Waals surface area contributed by atoms with Gasteiger partial charge >= 0.3 is 5.97 Å². The van der Waals surface area contributed by atoms with E-state index in [1.165, 1.54) is 0 Å². The van der Waals surface area contributed by atoms with Gasteiger partial charge < -0.3 is 10.1 Å². The molecule has 3 rings (SSSR count). The first-order valence-electron chi connectivity index (χ1n) is 5.46. The summed E-state index contributed by atoms with van der Waals surface area (Å²) >= 11 is 0. The van der Waals surface area contributed by atoms with Crippen LogP contribution in [0.5, 0.6) is 0 Å². The maximum atomic E-state index is 11.4. The average molecular weight is 215 g/mol. The molecule has 3 nitrogen and oxygen atoms in total. The van der Waals surface area contributed by atoms with Crippen LogP contribution in [0.4, 0.5) is 0 Å². The van der Waals surface area contributed by atoms with Crippen molar-refractivity contribution in [2.24, 2.45) is 0 Å². The predicted octanol–water partition coefficient (Wildman–Crippen LogP) is 2.59. The molecule has 1 aromatic heterocycles. The number of rotatable bonds is 2. The van der Waals surface area contributed by atoms with Gasteiger partial charge in [0, 0.05) is 16.6 Å². The second kappa shape index (κ2) is 2.88. The number of fused-ring (bicyclic) bond motifs is 1. The molecule has 0 spiro atoms. The van der Waals surface area contributed by atoms with Crippen molar-refractivity contribution in [3.8, 4) is 0 Å². The summed E-state index contributed by atoms with van der Waals surface area (Å²) < 4.78 is 0. The molecule has 0 atom stereocenters. The van der Waals surface area contributed by atoms with E-state index < -0.39 is 11.4 Å². The summed E-state index contributed by atoms with van der Waals surface area (Å²) in [4.78, 5) is 14.6. The topological polar surface area (TPSA) is 53.1 Å². The summed E-state index contributed by atoms with van der Waals surface area (Å²) in [6, 6.07) is 7.90. The molecule has 1 fully saturated rings. The molecule has 1 aromatic carbocycles. The number of aryl methyl sites for hydroxylation is 1. The smallest absolute Gasteiger partial charge is 0.314 e. The lowest BCUT2D eigenvalue weighted by Crippen LogP contribution is -2.20. The van der Waals surface area contributed by atoms with Crippen molar-refractivity contribution >= 4 is 16.9 Å². The first kappa shape index (κ1) is 9.46. The maximum absolute atomic E-state index is 11.4. The Labute approximate surface area is 93.1 Å². The normalized spacial score (nSPS) is 17.6. The lowest BCUT2D eigenvalue weighted by Gasteiger charge is -2.10. The van der Waals surface area contributed by atoms with Gasteiger partial charge in [0.05, 0.1) is 5.41 Å². The number of benzene rings is 1. The standard InChI is InChI=1S/C13H13NO2/c1-8-11(13(6-7-13)12(15)16)9-4-2-3-5-10(9)14-8/h2-5,14H,6-7H2,1H3,(H,15,16). The van der Waals surface area contributed by atoms with Crippen molar-refractivity contribution in [3.05, 3.63) is 35.5 Å². The third kappa shape index (κ3) is 1.06. The number of aliphatic carboxylic acids is 1. The highest BCUT2D eigenvalue weighted by atomic mass is 16.4. The molecule has 1 aliphatic rings. The van der Waals surface area contributed by atoms with Crippen molar-refractivity contribution in [1.29, 1.82) is 0 Å². The van der Waals surface area contributed by atoms with Crippen LogP contribution in [0.25, 0.3) is 10.9 Å². The molecule has 0 amide bonds. The van der Waals surface area contributed by atoms with Gasteiger partial charge in [-0.1, -0.05) is 18.2 Å². The Morgan fingerprint density at radius 1 is 1.38 bits per heavy atom. The van der Waals surface area contributed by atoms with Crippen molar-refractivity contribution < 1.29 is 9.90 Å². The minimum Gasteiger partial charge on any atom is -0.481 e. The summed E-state index contributed by atoms with van der Waals surface area (Å²) in [7, 11) is 0. The van der Waals surface area contributed by atoms with Crippen LogP contribution < -0.4 is 0 Å². The number of H-pyrrole nitrogens is 1. The zero-order chi connectivity index (χ0) is 11.3. The van der Waals surface area contributed by atoms with E-state index in [-0.39, 0.29) is 0 Å². The average Bonchev–Trinajstić information content (AvgIpc) is 2.97. The van der Waals surface area contributed by atoms with E-state index in [9.17, 15) is 9.90 Å². The molecule has 3 heteroatoms. The van der Waals surface area contributed by atoms with Crippen LogP contribution >= 0.6 is 0 Å². The van der Waals surface area contributed by atoms with Crippen LogP contribution in [0.3, 0.4) is 0 Å². The lowest BCUT2D eigenvalue weighted by molar-refractivity contribution is -0.140. The molecular formula is C13H13NO2. The molecule has 0 bridgehead atoms. The van der Waals surface area contributed by atoms with Gasteiger partial charge in [-0.2, -0.15) is 0 Å². The van der Waals surface area contributed by atoms with Crippen LogP contribution in [0.15, 0.2) is 24.3 Å². The Balaban J connectivity index is 2.31. The van der Waals surface area contributed by atoms with Crippen LogP contribution in [-0.2, 0) is 10.2 Å². The molecule has 1 saturated carbocycles. The van der Waals surface area contributed by atoms with Gasteiger partial charge in [-0.15, -0.1) is 0 Å². The number of carboxylic acids is 1. The molecule has 0 unspecified atom stereocenters. The zero-order valence-corrected chi connectivity index (χ0v) is 9.08. The Hall–Kier alpha value is -1.77. The van der Waals surface area contributed by atoms with E-state index in [1.807, 2.05) is 31.2 Å². The number of carbonyl (C=O) groups is 1. The number of hydrogen-bond donors (Lipinski definition) is 2. The summed E-state index contributed by atoms with van der Waals surface area (Å²) in [6.07, 6.45) is 1.51. The van der Waals surface area contributed by atoms with Crippen molar-refractivity contribution in [3.63, 3.8) is 0 Å². The lowest BCUT2D eigenvalue weighted by atomic mass is 9.93. The van der Waals surface area contributed by atoms with E-state index in [0.717, 1.165) is 35.0 Å².